The lowest BCUT2D eigenvalue weighted by atomic mass is 9.79. The van der Waals surface area contributed by atoms with Crippen molar-refractivity contribution in [3.63, 3.8) is 0 Å². The molecule has 17 heteroatoms. The molecule has 0 spiro atoms. The molecule has 0 aliphatic carbocycles. The van der Waals surface area contributed by atoms with E-state index in [4.69, 9.17) is 0 Å². The Morgan fingerprint density at radius 2 is 1.20 bits per heavy atom. The summed E-state index contributed by atoms with van der Waals surface area (Å²) in [6.07, 6.45) is -10.4. The van der Waals surface area contributed by atoms with E-state index in [1.54, 1.807) is 0 Å². The molecule has 2 atom stereocenters. The summed E-state index contributed by atoms with van der Waals surface area (Å²) in [6.45, 7) is 2.11. The average molecular weight is 548 g/mol. The Morgan fingerprint density at radius 3 is 1.57 bits per heavy atom. The van der Waals surface area contributed by atoms with Crippen LogP contribution in [0.4, 0.5) is 57.1 Å². The minimum atomic E-state index is -7.99. The van der Waals surface area contributed by atoms with E-state index in [2.05, 4.69) is 9.47 Å². The zero-order valence-electron chi connectivity index (χ0n) is 18.5. The number of carbonyl (C=O) groups is 2. The van der Waals surface area contributed by atoms with Crippen LogP contribution in [-0.2, 0) is 19.1 Å². The first-order chi connectivity index (χ1) is 15.3. The Morgan fingerprint density at radius 1 is 0.771 bits per heavy atom. The number of halogens is 13. The van der Waals surface area contributed by atoms with Crippen molar-refractivity contribution in [2.75, 3.05) is 13.7 Å². The minimum absolute atomic E-state index is 0.105. The molecule has 2 unspecified atom stereocenters. The molecule has 35 heavy (non-hydrogen) atoms. The quantitative estimate of drug-likeness (QED) is 0.213. The molecule has 0 radical (unpaired) electrons. The van der Waals surface area contributed by atoms with Crippen molar-refractivity contribution in [1.29, 1.82) is 0 Å². The molecule has 4 nitrogen and oxygen atoms in total. The van der Waals surface area contributed by atoms with Crippen LogP contribution < -0.4 is 0 Å². The van der Waals surface area contributed by atoms with Crippen LogP contribution in [0, 0.1) is 11.3 Å². The zero-order valence-corrected chi connectivity index (χ0v) is 18.5. The molecule has 0 heterocycles. The standard InChI is InChI=1S/C18H21F13O4/c1-5-12(3,11(33)34-4)8-9(2)10(32)35-7-6-13(19,20)14(21,22)15(23,24)16(25,26)17(27,28)18(29,30)31/h9H,5-8H2,1-4H3. The largest absolute Gasteiger partial charge is 0.469 e. The SMILES string of the molecule is CCC(C)(CC(C)C(=O)OCCC(F)(F)C(F)(F)C(F)(F)C(F)(F)C(F)(F)C(F)(F)F)C(=O)OC. The van der Waals surface area contributed by atoms with E-state index in [0.717, 1.165) is 14.0 Å². The molecule has 0 aromatic rings. The maximum absolute atomic E-state index is 13.7. The lowest BCUT2D eigenvalue weighted by Crippen LogP contribution is -2.70. The first-order valence-corrected chi connectivity index (χ1v) is 9.51. The molecule has 0 saturated heterocycles. The van der Waals surface area contributed by atoms with Crippen LogP contribution in [0.5, 0.6) is 0 Å². The van der Waals surface area contributed by atoms with Gasteiger partial charge < -0.3 is 9.47 Å². The molecule has 0 aliphatic heterocycles. The second kappa shape index (κ2) is 10.2. The molecule has 0 saturated carbocycles. The molecule has 0 rings (SSSR count). The van der Waals surface area contributed by atoms with E-state index >= 15 is 0 Å². The molecular weight excluding hydrogens is 527 g/mol. The van der Waals surface area contributed by atoms with Gasteiger partial charge in [0.25, 0.3) is 0 Å². The van der Waals surface area contributed by atoms with Crippen LogP contribution >= 0.6 is 0 Å². The predicted octanol–water partition coefficient (Wildman–Crippen LogP) is 6.27. The average Bonchev–Trinajstić information content (AvgIpc) is 2.71. The van der Waals surface area contributed by atoms with E-state index in [1.165, 1.54) is 13.8 Å². The van der Waals surface area contributed by atoms with Gasteiger partial charge in [-0.1, -0.05) is 13.8 Å². The van der Waals surface area contributed by atoms with Crippen LogP contribution in [0.1, 0.15) is 40.0 Å². The monoisotopic (exact) mass is 548 g/mol. The van der Waals surface area contributed by atoms with Gasteiger partial charge in [0.15, 0.2) is 0 Å². The van der Waals surface area contributed by atoms with Gasteiger partial charge >= 0.3 is 47.7 Å². The Kier molecular flexibility index (Phi) is 9.61. The first-order valence-electron chi connectivity index (χ1n) is 9.51. The van der Waals surface area contributed by atoms with Gasteiger partial charge in [0, 0.05) is 0 Å². The van der Waals surface area contributed by atoms with Crippen molar-refractivity contribution in [2.45, 2.75) is 75.8 Å². The zero-order chi connectivity index (χ0) is 28.5. The van der Waals surface area contributed by atoms with Crippen LogP contribution in [-0.4, -0.2) is 61.4 Å². The van der Waals surface area contributed by atoms with Gasteiger partial charge in [-0.15, -0.1) is 0 Å². The highest BCUT2D eigenvalue weighted by atomic mass is 19.4. The van der Waals surface area contributed by atoms with Crippen molar-refractivity contribution in [1.82, 2.24) is 0 Å². The fourth-order valence-electron chi connectivity index (χ4n) is 2.76. The van der Waals surface area contributed by atoms with Crippen LogP contribution in [0.25, 0.3) is 0 Å². The number of alkyl halides is 13. The molecule has 0 amide bonds. The third kappa shape index (κ3) is 5.89. The second-order valence-corrected chi connectivity index (χ2v) is 7.93. The number of hydrogen-bond donors (Lipinski definition) is 0. The molecule has 0 bridgehead atoms. The topological polar surface area (TPSA) is 52.6 Å². The second-order valence-electron chi connectivity index (χ2n) is 7.93. The van der Waals surface area contributed by atoms with Crippen molar-refractivity contribution < 1.29 is 76.1 Å². The number of ether oxygens (including phenoxy) is 2. The number of esters is 2. The van der Waals surface area contributed by atoms with Crippen molar-refractivity contribution >= 4 is 11.9 Å². The van der Waals surface area contributed by atoms with E-state index in [1.807, 2.05) is 0 Å². The highest BCUT2D eigenvalue weighted by Gasteiger charge is 2.90. The predicted molar refractivity (Wildman–Crippen MR) is 90.6 cm³/mol. The summed E-state index contributed by atoms with van der Waals surface area (Å²) in [5.41, 5.74) is -1.29. The van der Waals surface area contributed by atoms with Gasteiger partial charge in [0.05, 0.1) is 31.5 Å². The number of rotatable bonds is 12. The molecular formula is C18H21F13O4. The van der Waals surface area contributed by atoms with Crippen molar-refractivity contribution in [3.05, 3.63) is 0 Å². The highest BCUT2D eigenvalue weighted by Crippen LogP contribution is 2.60. The summed E-state index contributed by atoms with van der Waals surface area (Å²) in [5, 5.41) is 0. The number of hydrogen-bond acceptors (Lipinski definition) is 4. The Balaban J connectivity index is 5.58. The summed E-state index contributed by atoms with van der Waals surface area (Å²) in [7, 11) is 1.02. The summed E-state index contributed by atoms with van der Waals surface area (Å²) >= 11 is 0. The summed E-state index contributed by atoms with van der Waals surface area (Å²) < 4.78 is 178. The fraction of sp³-hybridized carbons (Fsp3) is 0.889. The smallest absolute Gasteiger partial charge is 0.460 e. The summed E-state index contributed by atoms with van der Waals surface area (Å²) in [4.78, 5) is 23.7. The third-order valence-electron chi connectivity index (χ3n) is 5.28. The number of methoxy groups -OCH3 is 1. The Labute approximate surface area is 190 Å². The first kappa shape index (κ1) is 33.0. The summed E-state index contributed by atoms with van der Waals surface area (Å²) in [6, 6.07) is 0. The number of carbonyl (C=O) groups excluding carboxylic acids is 2. The van der Waals surface area contributed by atoms with E-state index in [-0.39, 0.29) is 12.8 Å². The van der Waals surface area contributed by atoms with Crippen LogP contribution in [0.15, 0.2) is 0 Å². The lowest BCUT2D eigenvalue weighted by molar-refractivity contribution is -0.440. The molecule has 0 N–H and O–H groups in total. The van der Waals surface area contributed by atoms with Crippen LogP contribution in [0.3, 0.4) is 0 Å². The maximum atomic E-state index is 13.7. The van der Waals surface area contributed by atoms with Gasteiger partial charge in [0.1, 0.15) is 0 Å². The van der Waals surface area contributed by atoms with Crippen molar-refractivity contribution in [2.24, 2.45) is 11.3 Å². The Bertz CT molecular complexity index is 764. The highest BCUT2D eigenvalue weighted by molar-refractivity contribution is 5.78. The minimum Gasteiger partial charge on any atom is -0.469 e. The third-order valence-corrected chi connectivity index (χ3v) is 5.28. The normalized spacial score (nSPS) is 16.9. The van der Waals surface area contributed by atoms with Crippen LogP contribution in [0.2, 0.25) is 0 Å². The van der Waals surface area contributed by atoms with Gasteiger partial charge in [-0.2, -0.15) is 57.1 Å². The fourth-order valence-corrected chi connectivity index (χ4v) is 2.76. The molecule has 208 valence electrons. The van der Waals surface area contributed by atoms with Crippen molar-refractivity contribution in [3.8, 4) is 0 Å². The summed E-state index contributed by atoms with van der Waals surface area (Å²) in [5.74, 6) is -41.0. The van der Waals surface area contributed by atoms with Gasteiger partial charge in [0.2, 0.25) is 0 Å². The lowest BCUT2D eigenvalue weighted by Gasteiger charge is -2.39. The molecule has 0 aromatic carbocycles. The van der Waals surface area contributed by atoms with E-state index in [0.29, 0.717) is 0 Å². The van der Waals surface area contributed by atoms with E-state index < -0.39 is 72.1 Å². The molecule has 0 aliphatic rings. The van der Waals surface area contributed by atoms with Gasteiger partial charge in [-0.3, -0.25) is 9.59 Å². The molecule has 0 aromatic heterocycles. The molecule has 0 fully saturated rings. The Hall–Kier alpha value is -1.97. The van der Waals surface area contributed by atoms with E-state index in [9.17, 15) is 66.7 Å². The van der Waals surface area contributed by atoms with Gasteiger partial charge in [-0.25, -0.2) is 0 Å². The van der Waals surface area contributed by atoms with Gasteiger partial charge in [-0.05, 0) is 19.8 Å². The maximum Gasteiger partial charge on any atom is 0.460 e.